The maximum absolute atomic E-state index is 12.9. The number of rotatable bonds is 7. The van der Waals surface area contributed by atoms with E-state index in [4.69, 9.17) is 16.3 Å². The van der Waals surface area contributed by atoms with Crippen molar-refractivity contribution >= 4 is 49.7 Å². The highest BCUT2D eigenvalue weighted by atomic mass is 35.5. The Morgan fingerprint density at radius 1 is 1.19 bits per heavy atom. The zero-order valence-corrected chi connectivity index (χ0v) is 19.9. The summed E-state index contributed by atoms with van der Waals surface area (Å²) in [5.41, 5.74) is 1.17. The molecule has 0 saturated heterocycles. The molecule has 32 heavy (non-hydrogen) atoms. The van der Waals surface area contributed by atoms with Crippen LogP contribution < -0.4 is 5.32 Å². The number of thiophene rings is 1. The fourth-order valence-corrected chi connectivity index (χ4v) is 5.27. The molecule has 11 heteroatoms. The first-order valence-electron chi connectivity index (χ1n) is 9.51. The largest absolute Gasteiger partial charge is 0.462 e. The fraction of sp³-hybridized carbons (Fsp3) is 0.238. The summed E-state index contributed by atoms with van der Waals surface area (Å²) in [7, 11) is -3.92. The van der Waals surface area contributed by atoms with Gasteiger partial charge in [-0.1, -0.05) is 41.9 Å². The van der Waals surface area contributed by atoms with Gasteiger partial charge in [-0.2, -0.15) is 0 Å². The number of anilines is 1. The third kappa shape index (κ3) is 5.14. The van der Waals surface area contributed by atoms with Crippen LogP contribution in [0.3, 0.4) is 0 Å². The molecule has 0 aliphatic carbocycles. The minimum absolute atomic E-state index is 0.121. The minimum atomic E-state index is -3.92. The topological polar surface area (TPSA) is 115 Å². The Balaban J connectivity index is 1.92. The van der Waals surface area contributed by atoms with Gasteiger partial charge in [0.2, 0.25) is 15.0 Å². The van der Waals surface area contributed by atoms with E-state index in [0.717, 1.165) is 11.1 Å². The van der Waals surface area contributed by atoms with Gasteiger partial charge < -0.3 is 10.1 Å². The quantitative estimate of drug-likeness (QED) is 0.387. The summed E-state index contributed by atoms with van der Waals surface area (Å²) in [5, 5.41) is 2.24. The van der Waals surface area contributed by atoms with Crippen molar-refractivity contribution in [1.82, 2.24) is 9.97 Å². The van der Waals surface area contributed by atoms with Gasteiger partial charge in [-0.05, 0) is 31.9 Å². The lowest BCUT2D eigenvalue weighted by molar-refractivity contribution is 0.0527. The van der Waals surface area contributed by atoms with E-state index in [1.807, 2.05) is 6.92 Å². The molecule has 0 saturated carbocycles. The number of hydrogen-bond donors (Lipinski definition) is 1. The molecule has 3 aromatic rings. The van der Waals surface area contributed by atoms with E-state index in [1.165, 1.54) is 11.3 Å². The Labute approximate surface area is 194 Å². The molecule has 8 nitrogen and oxygen atoms in total. The Morgan fingerprint density at radius 3 is 2.53 bits per heavy atom. The molecule has 0 fully saturated rings. The molecule has 0 radical (unpaired) electrons. The lowest BCUT2D eigenvalue weighted by atomic mass is 10.1. The molecule has 0 atom stereocenters. The van der Waals surface area contributed by atoms with Crippen molar-refractivity contribution in [3.63, 3.8) is 0 Å². The van der Waals surface area contributed by atoms with E-state index in [1.54, 1.807) is 44.2 Å². The van der Waals surface area contributed by atoms with Gasteiger partial charge in [0.1, 0.15) is 5.00 Å². The molecule has 0 aliphatic heterocycles. The first-order valence-corrected chi connectivity index (χ1v) is 12.4. The smallest absolute Gasteiger partial charge is 0.341 e. The lowest BCUT2D eigenvalue weighted by Crippen LogP contribution is -2.19. The second kappa shape index (κ2) is 9.76. The van der Waals surface area contributed by atoms with Crippen LogP contribution in [0.15, 0.2) is 41.7 Å². The molecule has 3 rings (SSSR count). The summed E-state index contributed by atoms with van der Waals surface area (Å²) in [4.78, 5) is 33.8. The number of aryl methyl sites for hydroxylation is 1. The predicted molar refractivity (Wildman–Crippen MR) is 122 cm³/mol. The lowest BCUT2D eigenvalue weighted by Gasteiger charge is -2.09. The average Bonchev–Trinajstić information content (AvgIpc) is 3.01. The number of aromatic nitrogens is 2. The third-order valence-corrected chi connectivity index (χ3v) is 7.37. The van der Waals surface area contributed by atoms with Crippen molar-refractivity contribution in [2.45, 2.75) is 31.7 Å². The number of carbonyl (C=O) groups is 2. The number of ether oxygens (including phenoxy) is 1. The molecule has 1 aromatic carbocycles. The zero-order chi connectivity index (χ0) is 23.5. The van der Waals surface area contributed by atoms with Crippen LogP contribution in [0.5, 0.6) is 0 Å². The molecule has 0 spiro atoms. The number of amides is 1. The molecule has 0 bridgehead atoms. The molecule has 0 aliphatic rings. The molecule has 1 N–H and O–H groups in total. The summed E-state index contributed by atoms with van der Waals surface area (Å²) in [6.45, 7) is 5.42. The SMILES string of the molecule is CCOC(=O)c1c(NC(=O)c2nc(S(=O)(=O)Cc3ccccc3)ncc2Cl)sc(C)c1C. The van der Waals surface area contributed by atoms with E-state index in [-0.39, 0.29) is 33.6 Å². The van der Waals surface area contributed by atoms with Crippen molar-refractivity contribution in [2.75, 3.05) is 11.9 Å². The molecule has 2 heterocycles. The maximum atomic E-state index is 12.9. The van der Waals surface area contributed by atoms with Crippen LogP contribution in [0.1, 0.15) is 43.8 Å². The van der Waals surface area contributed by atoms with Crippen molar-refractivity contribution in [2.24, 2.45) is 0 Å². The van der Waals surface area contributed by atoms with E-state index in [0.29, 0.717) is 11.1 Å². The van der Waals surface area contributed by atoms with E-state index >= 15 is 0 Å². The van der Waals surface area contributed by atoms with Crippen LogP contribution in [-0.4, -0.2) is 36.9 Å². The molecule has 0 unspecified atom stereocenters. The Hall–Kier alpha value is -2.82. The summed E-state index contributed by atoms with van der Waals surface area (Å²) >= 11 is 7.29. The molecular formula is C21H20ClN3O5S2. The Morgan fingerprint density at radius 2 is 1.88 bits per heavy atom. The minimum Gasteiger partial charge on any atom is -0.462 e. The normalized spacial score (nSPS) is 11.2. The van der Waals surface area contributed by atoms with Gasteiger partial charge in [0, 0.05) is 4.88 Å². The second-order valence-electron chi connectivity index (χ2n) is 6.76. The first kappa shape index (κ1) is 23.8. The molecule has 1 amide bonds. The molecule has 168 valence electrons. The number of carbonyl (C=O) groups excluding carboxylic acids is 2. The van der Waals surface area contributed by atoms with E-state index < -0.39 is 26.9 Å². The highest BCUT2D eigenvalue weighted by Crippen LogP contribution is 2.33. The Kier molecular flexibility index (Phi) is 7.27. The number of benzene rings is 1. The summed E-state index contributed by atoms with van der Waals surface area (Å²) in [6.07, 6.45) is 1.07. The number of halogens is 1. The zero-order valence-electron chi connectivity index (χ0n) is 17.5. The van der Waals surface area contributed by atoms with Gasteiger partial charge in [-0.3, -0.25) is 4.79 Å². The first-order chi connectivity index (χ1) is 15.1. The molecular weight excluding hydrogens is 474 g/mol. The number of nitrogens with zero attached hydrogens (tertiary/aromatic N) is 2. The van der Waals surface area contributed by atoms with Gasteiger partial charge >= 0.3 is 5.97 Å². The van der Waals surface area contributed by atoms with E-state index in [9.17, 15) is 18.0 Å². The average molecular weight is 494 g/mol. The summed E-state index contributed by atoms with van der Waals surface area (Å²) in [6, 6.07) is 8.55. The van der Waals surface area contributed by atoms with Crippen LogP contribution in [-0.2, 0) is 20.3 Å². The van der Waals surface area contributed by atoms with Crippen LogP contribution >= 0.6 is 22.9 Å². The van der Waals surface area contributed by atoms with Crippen LogP contribution in [0, 0.1) is 13.8 Å². The van der Waals surface area contributed by atoms with Crippen molar-refractivity contribution in [3.05, 3.63) is 68.8 Å². The molecule has 2 aromatic heterocycles. The van der Waals surface area contributed by atoms with Crippen molar-refractivity contribution in [3.8, 4) is 0 Å². The van der Waals surface area contributed by atoms with Gasteiger partial charge in [0.25, 0.3) is 5.91 Å². The number of hydrogen-bond acceptors (Lipinski definition) is 8. The summed E-state index contributed by atoms with van der Waals surface area (Å²) < 4.78 is 30.6. The van der Waals surface area contributed by atoms with E-state index in [2.05, 4.69) is 15.3 Å². The monoisotopic (exact) mass is 493 g/mol. The van der Waals surface area contributed by atoms with Crippen molar-refractivity contribution < 1.29 is 22.7 Å². The highest BCUT2D eigenvalue weighted by molar-refractivity contribution is 7.90. The number of esters is 1. The van der Waals surface area contributed by atoms with Gasteiger partial charge in [-0.15, -0.1) is 11.3 Å². The number of nitrogens with one attached hydrogen (secondary N) is 1. The van der Waals surface area contributed by atoms with Crippen LogP contribution in [0.4, 0.5) is 5.00 Å². The van der Waals surface area contributed by atoms with Crippen LogP contribution in [0.2, 0.25) is 5.02 Å². The Bertz CT molecular complexity index is 1270. The van der Waals surface area contributed by atoms with Gasteiger partial charge in [0.15, 0.2) is 5.69 Å². The van der Waals surface area contributed by atoms with Gasteiger partial charge in [-0.25, -0.2) is 23.2 Å². The standard InChI is InChI=1S/C21H20ClN3O5S2/c1-4-30-20(27)16-12(2)13(3)31-19(16)25-18(26)17-15(22)10-23-21(24-17)32(28,29)11-14-8-6-5-7-9-14/h5-10H,4,11H2,1-3H3,(H,25,26). The third-order valence-electron chi connectivity index (χ3n) is 4.51. The fourth-order valence-electron chi connectivity index (χ4n) is 2.84. The van der Waals surface area contributed by atoms with Crippen LogP contribution in [0.25, 0.3) is 0 Å². The van der Waals surface area contributed by atoms with Crippen molar-refractivity contribution in [1.29, 1.82) is 0 Å². The second-order valence-corrected chi connectivity index (χ2v) is 10.3. The van der Waals surface area contributed by atoms with Gasteiger partial charge in [0.05, 0.1) is 29.1 Å². The summed E-state index contributed by atoms with van der Waals surface area (Å²) in [5.74, 6) is -1.66. The maximum Gasteiger partial charge on any atom is 0.341 e. The predicted octanol–water partition coefficient (Wildman–Crippen LogP) is 4.21. The number of sulfone groups is 1. The highest BCUT2D eigenvalue weighted by Gasteiger charge is 2.26.